The van der Waals surface area contributed by atoms with Gasteiger partial charge < -0.3 is 10.4 Å². The molecule has 1 aliphatic rings. The molecule has 0 radical (unpaired) electrons. The predicted octanol–water partition coefficient (Wildman–Crippen LogP) is 0.100. The molecule has 0 aliphatic heterocycles. The fourth-order valence-electron chi connectivity index (χ4n) is 2.07. The van der Waals surface area contributed by atoms with Crippen LogP contribution < -0.4 is 10.0 Å². The minimum absolute atomic E-state index is 0.0534. The van der Waals surface area contributed by atoms with E-state index in [9.17, 15) is 13.5 Å². The third-order valence-corrected chi connectivity index (χ3v) is 4.66. The normalized spacial score (nSPS) is 24.1. The van der Waals surface area contributed by atoms with Crippen LogP contribution in [0.2, 0.25) is 0 Å². The maximum atomic E-state index is 12.1. The number of sulfonamides is 1. The highest BCUT2D eigenvalue weighted by Gasteiger charge is 2.25. The summed E-state index contributed by atoms with van der Waals surface area (Å²) in [5.41, 5.74) is 0. The van der Waals surface area contributed by atoms with E-state index < -0.39 is 10.0 Å². The number of aliphatic hydroxyl groups excluding tert-OH is 1. The molecule has 8 heteroatoms. The Labute approximate surface area is 112 Å². The molecule has 1 saturated carbocycles. The van der Waals surface area contributed by atoms with Crippen molar-refractivity contribution in [3.8, 4) is 0 Å². The van der Waals surface area contributed by atoms with Crippen LogP contribution in [0.4, 0.5) is 5.95 Å². The number of hydrogen-bond donors (Lipinski definition) is 3. The van der Waals surface area contributed by atoms with Crippen molar-refractivity contribution in [2.24, 2.45) is 0 Å². The summed E-state index contributed by atoms with van der Waals surface area (Å²) in [6.45, 7) is 0. The van der Waals surface area contributed by atoms with Crippen molar-refractivity contribution in [2.75, 3.05) is 12.4 Å². The number of anilines is 1. The van der Waals surface area contributed by atoms with Crippen LogP contribution in [0.1, 0.15) is 25.7 Å². The van der Waals surface area contributed by atoms with Crippen molar-refractivity contribution in [1.29, 1.82) is 0 Å². The molecule has 0 amide bonds. The molecular formula is C11H18N4O3S. The Bertz CT molecular complexity index is 509. The van der Waals surface area contributed by atoms with Crippen LogP contribution >= 0.6 is 0 Å². The Morgan fingerprint density at radius 2 is 1.79 bits per heavy atom. The van der Waals surface area contributed by atoms with Crippen molar-refractivity contribution >= 4 is 16.0 Å². The lowest BCUT2D eigenvalue weighted by Crippen LogP contribution is -2.38. The zero-order chi connectivity index (χ0) is 13.9. The topological polar surface area (TPSA) is 104 Å². The Kier molecular flexibility index (Phi) is 4.33. The summed E-state index contributed by atoms with van der Waals surface area (Å²) in [5, 5.41) is 12.1. The van der Waals surface area contributed by atoms with E-state index in [1.165, 1.54) is 12.4 Å². The summed E-state index contributed by atoms with van der Waals surface area (Å²) in [6, 6.07) is -0.127. The second kappa shape index (κ2) is 5.81. The summed E-state index contributed by atoms with van der Waals surface area (Å²) in [7, 11) is -1.92. The van der Waals surface area contributed by atoms with E-state index in [1.807, 2.05) is 0 Å². The van der Waals surface area contributed by atoms with Crippen LogP contribution in [0, 0.1) is 0 Å². The Morgan fingerprint density at radius 3 is 2.32 bits per heavy atom. The first kappa shape index (κ1) is 14.2. The summed E-state index contributed by atoms with van der Waals surface area (Å²) in [4.78, 5) is 7.83. The van der Waals surface area contributed by atoms with Crippen molar-refractivity contribution in [1.82, 2.24) is 14.7 Å². The van der Waals surface area contributed by atoms with E-state index in [1.54, 1.807) is 7.05 Å². The fourth-order valence-corrected chi connectivity index (χ4v) is 3.26. The van der Waals surface area contributed by atoms with Gasteiger partial charge in [0.2, 0.25) is 16.0 Å². The number of rotatable bonds is 4. The molecule has 2 rings (SSSR count). The molecule has 0 saturated heterocycles. The van der Waals surface area contributed by atoms with E-state index in [0.717, 1.165) is 0 Å². The highest BCUT2D eigenvalue weighted by atomic mass is 32.2. The van der Waals surface area contributed by atoms with Crippen LogP contribution in [-0.4, -0.2) is 42.7 Å². The van der Waals surface area contributed by atoms with Crippen molar-refractivity contribution < 1.29 is 13.5 Å². The van der Waals surface area contributed by atoms with Crippen molar-refractivity contribution in [2.45, 2.75) is 42.7 Å². The van der Waals surface area contributed by atoms with E-state index >= 15 is 0 Å². The maximum absolute atomic E-state index is 12.1. The zero-order valence-corrected chi connectivity index (χ0v) is 11.5. The molecule has 3 N–H and O–H groups in total. The van der Waals surface area contributed by atoms with Crippen LogP contribution in [0.15, 0.2) is 17.3 Å². The molecule has 0 aromatic carbocycles. The Balaban J connectivity index is 2.05. The summed E-state index contributed by atoms with van der Waals surface area (Å²) in [6.07, 6.45) is 4.80. The lowest BCUT2D eigenvalue weighted by atomic mass is 9.94. The van der Waals surface area contributed by atoms with Crippen LogP contribution in [-0.2, 0) is 10.0 Å². The van der Waals surface area contributed by atoms with Gasteiger partial charge in [-0.15, -0.1) is 0 Å². The van der Waals surface area contributed by atoms with Gasteiger partial charge in [-0.3, -0.25) is 0 Å². The number of nitrogens with zero attached hydrogens (tertiary/aromatic N) is 2. The van der Waals surface area contributed by atoms with Crippen LogP contribution in [0.5, 0.6) is 0 Å². The highest BCUT2D eigenvalue weighted by molar-refractivity contribution is 7.89. The second-order valence-corrected chi connectivity index (χ2v) is 6.33. The van der Waals surface area contributed by atoms with Gasteiger partial charge in [0.15, 0.2) is 0 Å². The molecular weight excluding hydrogens is 268 g/mol. The molecule has 106 valence electrons. The van der Waals surface area contributed by atoms with Gasteiger partial charge in [0.05, 0.1) is 18.5 Å². The summed E-state index contributed by atoms with van der Waals surface area (Å²) >= 11 is 0. The largest absolute Gasteiger partial charge is 0.393 e. The average Bonchev–Trinajstić information content (AvgIpc) is 2.41. The van der Waals surface area contributed by atoms with Crippen molar-refractivity contribution in [3.63, 3.8) is 0 Å². The first-order valence-corrected chi connectivity index (χ1v) is 7.70. The van der Waals surface area contributed by atoms with Gasteiger partial charge in [-0.25, -0.2) is 23.1 Å². The van der Waals surface area contributed by atoms with Crippen LogP contribution in [0.25, 0.3) is 0 Å². The molecule has 0 spiro atoms. The summed E-state index contributed by atoms with van der Waals surface area (Å²) < 4.78 is 26.8. The van der Waals surface area contributed by atoms with Crippen LogP contribution in [0.3, 0.4) is 0 Å². The Hall–Kier alpha value is -1.25. The monoisotopic (exact) mass is 286 g/mol. The third-order valence-electron chi connectivity index (χ3n) is 3.18. The predicted molar refractivity (Wildman–Crippen MR) is 70.2 cm³/mol. The van der Waals surface area contributed by atoms with E-state index in [2.05, 4.69) is 20.0 Å². The quantitative estimate of drug-likeness (QED) is 0.725. The molecule has 0 unspecified atom stereocenters. The molecule has 1 fully saturated rings. The van der Waals surface area contributed by atoms with Gasteiger partial charge in [0, 0.05) is 13.1 Å². The SMILES string of the molecule is CNc1ncc(S(=O)(=O)NC2CCC(O)CC2)cn1. The fraction of sp³-hybridized carbons (Fsp3) is 0.636. The smallest absolute Gasteiger partial charge is 0.243 e. The number of nitrogens with one attached hydrogen (secondary N) is 2. The van der Waals surface area contributed by atoms with Gasteiger partial charge >= 0.3 is 0 Å². The molecule has 1 heterocycles. The summed E-state index contributed by atoms with van der Waals surface area (Å²) in [5.74, 6) is 0.375. The van der Waals surface area contributed by atoms with E-state index in [4.69, 9.17) is 0 Å². The second-order valence-electron chi connectivity index (χ2n) is 4.62. The Morgan fingerprint density at radius 1 is 1.21 bits per heavy atom. The first-order chi connectivity index (χ1) is 9.01. The zero-order valence-electron chi connectivity index (χ0n) is 10.7. The minimum Gasteiger partial charge on any atom is -0.393 e. The third kappa shape index (κ3) is 3.62. The van der Waals surface area contributed by atoms with Gasteiger partial charge in [-0.2, -0.15) is 0 Å². The van der Waals surface area contributed by atoms with Crippen molar-refractivity contribution in [3.05, 3.63) is 12.4 Å². The highest BCUT2D eigenvalue weighted by Crippen LogP contribution is 2.20. The first-order valence-electron chi connectivity index (χ1n) is 6.21. The molecule has 0 bridgehead atoms. The minimum atomic E-state index is -3.59. The average molecular weight is 286 g/mol. The standard InChI is InChI=1S/C11H18N4O3S/c1-12-11-13-6-10(7-14-11)19(17,18)15-8-2-4-9(16)5-3-8/h6-9,15-16H,2-5H2,1H3,(H,12,13,14). The van der Waals surface area contributed by atoms with Gasteiger partial charge in [0.25, 0.3) is 0 Å². The lowest BCUT2D eigenvalue weighted by molar-refractivity contribution is 0.120. The molecule has 1 aromatic rings. The molecule has 19 heavy (non-hydrogen) atoms. The number of hydrogen-bond acceptors (Lipinski definition) is 6. The number of aromatic nitrogens is 2. The maximum Gasteiger partial charge on any atom is 0.243 e. The van der Waals surface area contributed by atoms with Gasteiger partial charge in [-0.05, 0) is 25.7 Å². The number of aliphatic hydroxyl groups is 1. The lowest BCUT2D eigenvalue weighted by Gasteiger charge is -2.25. The molecule has 0 atom stereocenters. The molecule has 7 nitrogen and oxygen atoms in total. The van der Waals surface area contributed by atoms with E-state index in [-0.39, 0.29) is 17.0 Å². The molecule has 1 aliphatic carbocycles. The molecule has 1 aromatic heterocycles. The van der Waals surface area contributed by atoms with E-state index in [0.29, 0.717) is 31.6 Å². The van der Waals surface area contributed by atoms with Gasteiger partial charge in [-0.1, -0.05) is 0 Å². The van der Waals surface area contributed by atoms with Gasteiger partial charge in [0.1, 0.15) is 4.90 Å².